The number of hydrogen-bond donors (Lipinski definition) is 1. The maximum absolute atomic E-state index is 5.42. The number of nitrogens with zero attached hydrogens (tertiary/aromatic N) is 2. The highest BCUT2D eigenvalue weighted by Crippen LogP contribution is 2.26. The summed E-state index contributed by atoms with van der Waals surface area (Å²) in [7, 11) is 3.33. The molecule has 0 radical (unpaired) electrons. The van der Waals surface area contributed by atoms with E-state index in [-0.39, 0.29) is 12.1 Å². The third-order valence-corrected chi connectivity index (χ3v) is 3.52. The highest BCUT2D eigenvalue weighted by molar-refractivity contribution is 9.10. The molecule has 1 fully saturated rings. The van der Waals surface area contributed by atoms with Gasteiger partial charge in [-0.15, -0.1) is 0 Å². The lowest BCUT2D eigenvalue weighted by Gasteiger charge is -2.19. The van der Waals surface area contributed by atoms with Crippen molar-refractivity contribution in [3.05, 3.63) is 10.7 Å². The molecule has 6 heteroatoms. The van der Waals surface area contributed by atoms with Gasteiger partial charge in [-0.3, -0.25) is 0 Å². The van der Waals surface area contributed by atoms with Crippen LogP contribution in [0.4, 0.5) is 5.95 Å². The van der Waals surface area contributed by atoms with E-state index in [0.717, 1.165) is 17.3 Å². The molecule has 17 heavy (non-hydrogen) atoms. The SMILES string of the molecule is COc1nc(NC2CCCC2OC)ncc1Br. The Kier molecular flexibility index (Phi) is 4.17. The van der Waals surface area contributed by atoms with Gasteiger partial charge in [0.05, 0.1) is 29.9 Å². The molecule has 1 aromatic heterocycles. The average molecular weight is 302 g/mol. The molecule has 0 aromatic carbocycles. The molecule has 0 aliphatic heterocycles. The van der Waals surface area contributed by atoms with E-state index in [4.69, 9.17) is 9.47 Å². The van der Waals surface area contributed by atoms with Crippen LogP contribution in [0.15, 0.2) is 10.7 Å². The van der Waals surface area contributed by atoms with Crippen molar-refractivity contribution in [2.24, 2.45) is 0 Å². The van der Waals surface area contributed by atoms with E-state index in [9.17, 15) is 0 Å². The summed E-state index contributed by atoms with van der Waals surface area (Å²) in [6, 6.07) is 0.283. The zero-order valence-electron chi connectivity index (χ0n) is 9.94. The quantitative estimate of drug-likeness (QED) is 0.924. The van der Waals surface area contributed by atoms with Crippen LogP contribution in [0, 0.1) is 0 Å². The molecule has 1 saturated carbocycles. The first-order chi connectivity index (χ1) is 8.24. The monoisotopic (exact) mass is 301 g/mol. The molecular weight excluding hydrogens is 286 g/mol. The van der Waals surface area contributed by atoms with Crippen molar-refractivity contribution in [1.29, 1.82) is 0 Å². The first-order valence-corrected chi connectivity index (χ1v) is 6.39. The van der Waals surface area contributed by atoms with Gasteiger partial charge in [-0.2, -0.15) is 4.98 Å². The Morgan fingerprint density at radius 2 is 2.24 bits per heavy atom. The van der Waals surface area contributed by atoms with Crippen LogP contribution in [-0.4, -0.2) is 36.3 Å². The molecule has 1 aliphatic rings. The number of aromatic nitrogens is 2. The number of ether oxygens (including phenoxy) is 2. The summed E-state index contributed by atoms with van der Waals surface area (Å²) in [6.07, 6.45) is 5.27. The Bertz CT molecular complexity index is 389. The lowest BCUT2D eigenvalue weighted by atomic mass is 10.2. The molecule has 0 amide bonds. The van der Waals surface area contributed by atoms with Gasteiger partial charge >= 0.3 is 0 Å². The van der Waals surface area contributed by atoms with Crippen molar-refractivity contribution in [1.82, 2.24) is 9.97 Å². The standard InChI is InChI=1S/C11H16BrN3O2/c1-16-9-5-3-4-8(9)14-11-13-6-7(12)10(15-11)17-2/h6,8-9H,3-5H2,1-2H3,(H,13,14,15). The van der Waals surface area contributed by atoms with Gasteiger partial charge in [0.2, 0.25) is 11.8 Å². The number of rotatable bonds is 4. The molecule has 0 spiro atoms. The van der Waals surface area contributed by atoms with Crippen LogP contribution >= 0.6 is 15.9 Å². The fourth-order valence-corrected chi connectivity index (χ4v) is 2.46. The summed E-state index contributed by atoms with van der Waals surface area (Å²) in [4.78, 5) is 8.49. The number of halogens is 1. The second kappa shape index (κ2) is 5.64. The molecule has 1 aliphatic carbocycles. The Labute approximate surface area is 109 Å². The number of nitrogens with one attached hydrogen (secondary N) is 1. The van der Waals surface area contributed by atoms with Crippen molar-refractivity contribution in [3.8, 4) is 5.88 Å². The Hall–Kier alpha value is -0.880. The van der Waals surface area contributed by atoms with Gasteiger partial charge in [-0.1, -0.05) is 0 Å². The van der Waals surface area contributed by atoms with Crippen LogP contribution in [0.25, 0.3) is 0 Å². The predicted molar refractivity (Wildman–Crippen MR) is 68.3 cm³/mol. The Balaban J connectivity index is 2.08. The van der Waals surface area contributed by atoms with E-state index < -0.39 is 0 Å². The topological polar surface area (TPSA) is 56.3 Å². The number of hydrogen-bond acceptors (Lipinski definition) is 5. The first kappa shape index (κ1) is 12.6. The lowest BCUT2D eigenvalue weighted by Crippen LogP contribution is -2.30. The highest BCUT2D eigenvalue weighted by Gasteiger charge is 2.27. The zero-order chi connectivity index (χ0) is 12.3. The largest absolute Gasteiger partial charge is 0.480 e. The summed E-state index contributed by atoms with van der Waals surface area (Å²) < 4.78 is 11.3. The second-order valence-corrected chi connectivity index (χ2v) is 4.86. The number of anilines is 1. The van der Waals surface area contributed by atoms with E-state index in [1.165, 1.54) is 6.42 Å². The fourth-order valence-electron chi connectivity index (χ4n) is 2.10. The van der Waals surface area contributed by atoms with Crippen LogP contribution in [0.3, 0.4) is 0 Å². The normalized spacial score (nSPS) is 23.7. The second-order valence-electron chi connectivity index (χ2n) is 4.01. The molecule has 1 heterocycles. The summed E-state index contributed by atoms with van der Waals surface area (Å²) in [5.41, 5.74) is 0. The van der Waals surface area contributed by atoms with E-state index in [2.05, 4.69) is 31.2 Å². The third kappa shape index (κ3) is 2.87. The Morgan fingerprint density at radius 3 is 2.94 bits per heavy atom. The summed E-state index contributed by atoms with van der Waals surface area (Å²) in [6.45, 7) is 0. The van der Waals surface area contributed by atoms with Crippen molar-refractivity contribution in [2.45, 2.75) is 31.4 Å². The van der Waals surface area contributed by atoms with Gasteiger partial charge in [-0.05, 0) is 35.2 Å². The van der Waals surface area contributed by atoms with Crippen LogP contribution < -0.4 is 10.1 Å². The Morgan fingerprint density at radius 1 is 1.41 bits per heavy atom. The highest BCUT2D eigenvalue weighted by atomic mass is 79.9. The van der Waals surface area contributed by atoms with Crippen LogP contribution in [0.2, 0.25) is 0 Å². The van der Waals surface area contributed by atoms with Gasteiger partial charge < -0.3 is 14.8 Å². The van der Waals surface area contributed by atoms with Crippen molar-refractivity contribution < 1.29 is 9.47 Å². The average Bonchev–Trinajstić information content (AvgIpc) is 2.79. The van der Waals surface area contributed by atoms with E-state index in [1.807, 2.05) is 0 Å². The van der Waals surface area contributed by atoms with Crippen molar-refractivity contribution >= 4 is 21.9 Å². The van der Waals surface area contributed by atoms with Crippen LogP contribution in [0.5, 0.6) is 5.88 Å². The van der Waals surface area contributed by atoms with Gasteiger partial charge in [0.1, 0.15) is 0 Å². The van der Waals surface area contributed by atoms with Gasteiger partial charge in [-0.25, -0.2) is 4.98 Å². The molecule has 0 saturated heterocycles. The van der Waals surface area contributed by atoms with Gasteiger partial charge in [0, 0.05) is 7.11 Å². The minimum Gasteiger partial charge on any atom is -0.480 e. The molecule has 2 atom stereocenters. The molecule has 1 aromatic rings. The van der Waals surface area contributed by atoms with Crippen LogP contribution in [0.1, 0.15) is 19.3 Å². The molecule has 0 bridgehead atoms. The summed E-state index contributed by atoms with van der Waals surface area (Å²) in [5, 5.41) is 3.30. The maximum Gasteiger partial charge on any atom is 0.232 e. The van der Waals surface area contributed by atoms with E-state index in [1.54, 1.807) is 20.4 Å². The zero-order valence-corrected chi connectivity index (χ0v) is 11.5. The minimum atomic E-state index is 0.244. The lowest BCUT2D eigenvalue weighted by molar-refractivity contribution is 0.101. The summed E-state index contributed by atoms with van der Waals surface area (Å²) >= 11 is 3.33. The minimum absolute atomic E-state index is 0.244. The fraction of sp³-hybridized carbons (Fsp3) is 0.636. The molecular formula is C11H16BrN3O2. The van der Waals surface area contributed by atoms with Gasteiger partial charge in [0.25, 0.3) is 0 Å². The van der Waals surface area contributed by atoms with E-state index in [0.29, 0.717) is 11.8 Å². The summed E-state index contributed by atoms with van der Waals surface area (Å²) in [5.74, 6) is 1.12. The molecule has 2 unspecified atom stereocenters. The first-order valence-electron chi connectivity index (χ1n) is 5.60. The predicted octanol–water partition coefficient (Wildman–Crippen LogP) is 2.23. The molecule has 2 rings (SSSR count). The van der Waals surface area contributed by atoms with Crippen molar-refractivity contribution in [3.63, 3.8) is 0 Å². The van der Waals surface area contributed by atoms with Gasteiger partial charge in [0.15, 0.2) is 0 Å². The molecule has 94 valence electrons. The smallest absolute Gasteiger partial charge is 0.232 e. The molecule has 1 N–H and O–H groups in total. The van der Waals surface area contributed by atoms with Crippen molar-refractivity contribution in [2.75, 3.05) is 19.5 Å². The third-order valence-electron chi connectivity index (χ3n) is 2.98. The van der Waals surface area contributed by atoms with Crippen LogP contribution in [-0.2, 0) is 4.74 Å². The number of methoxy groups -OCH3 is 2. The molecule has 5 nitrogen and oxygen atoms in total. The maximum atomic E-state index is 5.42. The van der Waals surface area contributed by atoms with E-state index >= 15 is 0 Å².